The van der Waals surface area contributed by atoms with Crippen LogP contribution in [0.15, 0.2) is 34.1 Å². The summed E-state index contributed by atoms with van der Waals surface area (Å²) in [5.74, 6) is -1.71. The average molecular weight is 390 g/mol. The first-order valence-corrected chi connectivity index (χ1v) is 10.8. The van der Waals surface area contributed by atoms with Crippen LogP contribution in [0.4, 0.5) is 0 Å². The number of carboxylic acids is 1. The lowest BCUT2D eigenvalue weighted by Gasteiger charge is -2.18. The largest absolute Gasteiger partial charge is 0.480 e. The van der Waals surface area contributed by atoms with E-state index in [4.69, 9.17) is 5.11 Å². The third-order valence-electron chi connectivity index (χ3n) is 4.05. The summed E-state index contributed by atoms with van der Waals surface area (Å²) < 4.78 is 53.0. The van der Waals surface area contributed by atoms with Crippen molar-refractivity contribution in [3.05, 3.63) is 24.3 Å². The number of nitrogens with zero attached hydrogens (tertiary/aromatic N) is 1. The van der Waals surface area contributed by atoms with E-state index in [1.165, 1.54) is 28.6 Å². The number of hydrogen-bond acceptors (Lipinski definition) is 5. The zero-order valence-corrected chi connectivity index (χ0v) is 15.7. The molecule has 2 rings (SSSR count). The quantitative estimate of drug-likeness (QED) is 0.712. The predicted octanol–water partition coefficient (Wildman–Crippen LogP) is 0.859. The van der Waals surface area contributed by atoms with Crippen LogP contribution in [-0.2, 0) is 24.8 Å². The maximum absolute atomic E-state index is 12.4. The molecule has 8 nitrogen and oxygen atoms in total. The Morgan fingerprint density at radius 3 is 1.96 bits per heavy atom. The lowest BCUT2D eigenvalue weighted by molar-refractivity contribution is -0.140. The smallest absolute Gasteiger partial charge is 0.322 e. The van der Waals surface area contributed by atoms with E-state index in [9.17, 15) is 21.6 Å². The Balaban J connectivity index is 2.25. The number of carbonyl (C=O) groups is 1. The summed E-state index contributed by atoms with van der Waals surface area (Å²) in [5, 5.41) is 9.11. The minimum Gasteiger partial charge on any atom is -0.480 e. The fourth-order valence-electron chi connectivity index (χ4n) is 2.58. The Bertz CT molecular complexity index is 825. The predicted molar refractivity (Wildman–Crippen MR) is 91.0 cm³/mol. The first kappa shape index (κ1) is 19.8. The molecule has 1 aromatic rings. The fraction of sp³-hybridized carbons (Fsp3) is 0.533. The summed E-state index contributed by atoms with van der Waals surface area (Å²) in [6.07, 6.45) is 1.61. The highest BCUT2D eigenvalue weighted by atomic mass is 32.2. The maximum Gasteiger partial charge on any atom is 0.322 e. The summed E-state index contributed by atoms with van der Waals surface area (Å²) in [4.78, 5) is 11.0. The van der Waals surface area contributed by atoms with Gasteiger partial charge >= 0.3 is 5.97 Å². The lowest BCUT2D eigenvalue weighted by Crippen LogP contribution is -2.44. The van der Waals surface area contributed by atoms with Crippen molar-refractivity contribution in [2.45, 2.75) is 42.5 Å². The number of rotatable bonds is 7. The molecule has 0 bridgehead atoms. The van der Waals surface area contributed by atoms with Gasteiger partial charge in [-0.3, -0.25) is 4.79 Å². The lowest BCUT2D eigenvalue weighted by atomic mass is 10.1. The zero-order valence-electron chi connectivity index (χ0n) is 14.0. The molecule has 1 aromatic carbocycles. The molecule has 1 atom stereocenters. The molecule has 0 spiro atoms. The fourth-order valence-corrected chi connectivity index (χ4v) is 5.43. The molecule has 140 valence electrons. The Morgan fingerprint density at radius 2 is 1.52 bits per heavy atom. The Labute approximate surface area is 147 Å². The van der Waals surface area contributed by atoms with E-state index < -0.39 is 38.0 Å². The molecule has 25 heavy (non-hydrogen) atoms. The van der Waals surface area contributed by atoms with Gasteiger partial charge in [0.05, 0.1) is 9.79 Å². The molecule has 2 N–H and O–H groups in total. The van der Waals surface area contributed by atoms with Gasteiger partial charge in [0.25, 0.3) is 0 Å². The van der Waals surface area contributed by atoms with E-state index in [-0.39, 0.29) is 9.79 Å². The SMILES string of the molecule is CC(C)[C@@H](NS(=O)(=O)c1ccc(S(=O)(=O)N2CCCC2)cc1)C(=O)O. The Hall–Kier alpha value is -1.49. The maximum atomic E-state index is 12.4. The molecule has 1 fully saturated rings. The van der Waals surface area contributed by atoms with Gasteiger partial charge in [0.1, 0.15) is 6.04 Å². The van der Waals surface area contributed by atoms with Crippen molar-refractivity contribution in [2.24, 2.45) is 5.92 Å². The van der Waals surface area contributed by atoms with Crippen LogP contribution in [0.2, 0.25) is 0 Å². The molecular weight excluding hydrogens is 368 g/mol. The monoisotopic (exact) mass is 390 g/mol. The molecule has 0 aromatic heterocycles. The number of sulfonamides is 2. The molecule has 1 saturated heterocycles. The Kier molecular flexibility index (Phi) is 5.87. The number of benzene rings is 1. The first-order valence-electron chi connectivity index (χ1n) is 7.91. The highest BCUT2D eigenvalue weighted by Gasteiger charge is 2.30. The van der Waals surface area contributed by atoms with E-state index in [1.54, 1.807) is 13.8 Å². The van der Waals surface area contributed by atoms with Gasteiger partial charge < -0.3 is 5.11 Å². The molecule has 0 saturated carbocycles. The van der Waals surface area contributed by atoms with Crippen molar-refractivity contribution in [3.63, 3.8) is 0 Å². The molecule has 1 heterocycles. The van der Waals surface area contributed by atoms with Crippen molar-refractivity contribution in [2.75, 3.05) is 13.1 Å². The van der Waals surface area contributed by atoms with Crippen LogP contribution in [0.5, 0.6) is 0 Å². The van der Waals surface area contributed by atoms with Crippen molar-refractivity contribution in [1.82, 2.24) is 9.03 Å². The standard InChI is InChI=1S/C15H22N2O6S2/c1-11(2)14(15(18)19)16-24(20,21)12-5-7-13(8-6-12)25(22,23)17-9-3-4-10-17/h5-8,11,14,16H,3-4,9-10H2,1-2H3,(H,18,19)/t14-/m1/s1. The zero-order chi connectivity index (χ0) is 18.8. The van der Waals surface area contributed by atoms with Gasteiger partial charge in [-0.2, -0.15) is 9.03 Å². The minimum atomic E-state index is -4.07. The van der Waals surface area contributed by atoms with Gasteiger partial charge in [0.15, 0.2) is 0 Å². The van der Waals surface area contributed by atoms with Gasteiger partial charge in [-0.25, -0.2) is 16.8 Å². The molecule has 0 radical (unpaired) electrons. The second kappa shape index (κ2) is 7.40. The van der Waals surface area contributed by atoms with Gasteiger partial charge in [-0.1, -0.05) is 13.8 Å². The van der Waals surface area contributed by atoms with Crippen LogP contribution in [0.25, 0.3) is 0 Å². The van der Waals surface area contributed by atoms with Crippen LogP contribution in [-0.4, -0.2) is 51.3 Å². The van der Waals surface area contributed by atoms with Gasteiger partial charge in [-0.05, 0) is 43.0 Å². The van der Waals surface area contributed by atoms with Crippen LogP contribution < -0.4 is 4.72 Å². The molecular formula is C15H22N2O6S2. The second-order valence-corrected chi connectivity index (χ2v) is 9.92. The van der Waals surface area contributed by atoms with Crippen molar-refractivity contribution in [1.29, 1.82) is 0 Å². The van der Waals surface area contributed by atoms with E-state index >= 15 is 0 Å². The summed E-state index contributed by atoms with van der Waals surface area (Å²) >= 11 is 0. The summed E-state index contributed by atoms with van der Waals surface area (Å²) in [6.45, 7) is 4.09. The normalized spacial score (nSPS) is 17.7. The van der Waals surface area contributed by atoms with E-state index in [0.29, 0.717) is 13.1 Å². The van der Waals surface area contributed by atoms with Gasteiger partial charge in [-0.15, -0.1) is 0 Å². The molecule has 1 aliphatic heterocycles. The number of hydrogen-bond donors (Lipinski definition) is 2. The molecule has 1 aliphatic rings. The number of nitrogens with one attached hydrogen (secondary N) is 1. The van der Waals surface area contributed by atoms with E-state index in [2.05, 4.69) is 4.72 Å². The second-order valence-electron chi connectivity index (χ2n) is 6.26. The summed E-state index contributed by atoms with van der Waals surface area (Å²) in [7, 11) is -7.70. The topological polar surface area (TPSA) is 121 Å². The highest BCUT2D eigenvalue weighted by molar-refractivity contribution is 7.89. The molecule has 0 unspecified atom stereocenters. The third-order valence-corrected chi connectivity index (χ3v) is 7.42. The van der Waals surface area contributed by atoms with E-state index in [0.717, 1.165) is 12.8 Å². The molecule has 0 aliphatic carbocycles. The van der Waals surface area contributed by atoms with Gasteiger partial charge in [0, 0.05) is 13.1 Å². The van der Waals surface area contributed by atoms with Crippen LogP contribution in [0, 0.1) is 5.92 Å². The number of carboxylic acid groups (broad SMARTS) is 1. The van der Waals surface area contributed by atoms with Crippen molar-refractivity contribution in [3.8, 4) is 0 Å². The highest BCUT2D eigenvalue weighted by Crippen LogP contribution is 2.22. The third kappa shape index (κ3) is 4.38. The molecule has 0 amide bonds. The van der Waals surface area contributed by atoms with Crippen molar-refractivity contribution < 1.29 is 26.7 Å². The van der Waals surface area contributed by atoms with E-state index in [1.807, 2.05) is 0 Å². The minimum absolute atomic E-state index is 0.0204. The summed E-state index contributed by atoms with van der Waals surface area (Å²) in [5.41, 5.74) is 0. The molecule has 10 heteroatoms. The Morgan fingerprint density at radius 1 is 1.04 bits per heavy atom. The average Bonchev–Trinajstić information content (AvgIpc) is 3.07. The van der Waals surface area contributed by atoms with Gasteiger partial charge in [0.2, 0.25) is 20.0 Å². The van der Waals surface area contributed by atoms with Crippen LogP contribution in [0.3, 0.4) is 0 Å². The van der Waals surface area contributed by atoms with Crippen LogP contribution >= 0.6 is 0 Å². The number of aliphatic carboxylic acids is 1. The summed E-state index contributed by atoms with van der Waals surface area (Å²) in [6, 6.07) is 3.54. The van der Waals surface area contributed by atoms with Crippen LogP contribution in [0.1, 0.15) is 26.7 Å². The van der Waals surface area contributed by atoms with Crippen molar-refractivity contribution >= 4 is 26.0 Å². The first-order chi connectivity index (χ1) is 11.6.